The molecule has 27 heavy (non-hydrogen) atoms. The van der Waals surface area contributed by atoms with Gasteiger partial charge in [0, 0.05) is 35.6 Å². The molecule has 0 unspecified atom stereocenters. The molecule has 142 valence electrons. The quantitative estimate of drug-likeness (QED) is 0.654. The number of halogens is 2. The number of carbonyl (C=O) groups is 2. The summed E-state index contributed by atoms with van der Waals surface area (Å²) in [7, 11) is 1.60. The summed E-state index contributed by atoms with van der Waals surface area (Å²) in [6.45, 7) is 0.548. The molecule has 0 bridgehead atoms. The largest absolute Gasteiger partial charge is 0.497 e. The van der Waals surface area contributed by atoms with Gasteiger partial charge in [0.15, 0.2) is 0 Å². The molecule has 2 aromatic rings. The summed E-state index contributed by atoms with van der Waals surface area (Å²) in [6.07, 6.45) is 3.29. The van der Waals surface area contributed by atoms with Gasteiger partial charge in [-0.1, -0.05) is 41.4 Å². The Morgan fingerprint density at radius 1 is 1.07 bits per heavy atom. The lowest BCUT2D eigenvalue weighted by molar-refractivity contribution is -0.121. The number of ether oxygens (including phenoxy) is 1. The normalized spacial score (nSPS) is 10.6. The van der Waals surface area contributed by atoms with Crippen LogP contribution in [0.15, 0.2) is 48.5 Å². The van der Waals surface area contributed by atoms with E-state index in [1.54, 1.807) is 31.4 Å². The molecule has 2 rings (SSSR count). The van der Waals surface area contributed by atoms with Crippen molar-refractivity contribution in [2.75, 3.05) is 13.7 Å². The van der Waals surface area contributed by atoms with E-state index in [1.165, 1.54) is 6.08 Å². The summed E-state index contributed by atoms with van der Waals surface area (Å²) >= 11 is 11.9. The molecule has 0 fully saturated rings. The lowest BCUT2D eigenvalue weighted by atomic mass is 10.2. The van der Waals surface area contributed by atoms with Crippen molar-refractivity contribution in [1.82, 2.24) is 10.6 Å². The van der Waals surface area contributed by atoms with Gasteiger partial charge in [0.05, 0.1) is 7.11 Å². The first kappa shape index (κ1) is 20.8. The molecule has 0 spiro atoms. The molecule has 7 heteroatoms. The maximum absolute atomic E-state index is 11.9. The van der Waals surface area contributed by atoms with E-state index in [-0.39, 0.29) is 24.8 Å². The summed E-state index contributed by atoms with van der Waals surface area (Å²) < 4.78 is 5.08. The van der Waals surface area contributed by atoms with Crippen LogP contribution in [-0.2, 0) is 16.1 Å². The Labute approximate surface area is 168 Å². The van der Waals surface area contributed by atoms with Crippen LogP contribution in [0.1, 0.15) is 17.5 Å². The Morgan fingerprint density at radius 3 is 2.48 bits per heavy atom. The number of rotatable bonds is 8. The van der Waals surface area contributed by atoms with E-state index < -0.39 is 0 Å². The van der Waals surface area contributed by atoms with Crippen LogP contribution < -0.4 is 15.4 Å². The van der Waals surface area contributed by atoms with Crippen LogP contribution in [0.2, 0.25) is 10.0 Å². The van der Waals surface area contributed by atoms with Crippen molar-refractivity contribution in [3.63, 3.8) is 0 Å². The second-order valence-corrected chi connectivity index (χ2v) is 6.50. The first-order valence-corrected chi connectivity index (χ1v) is 9.04. The molecule has 0 aliphatic rings. The van der Waals surface area contributed by atoms with E-state index in [4.69, 9.17) is 27.9 Å². The average molecular weight is 407 g/mol. The van der Waals surface area contributed by atoms with Crippen LogP contribution in [0.25, 0.3) is 6.08 Å². The Hall–Kier alpha value is -2.50. The van der Waals surface area contributed by atoms with Gasteiger partial charge in [-0.25, -0.2) is 0 Å². The second kappa shape index (κ2) is 10.6. The first-order chi connectivity index (χ1) is 13.0. The van der Waals surface area contributed by atoms with Crippen LogP contribution in [0.4, 0.5) is 0 Å². The molecule has 0 atom stereocenters. The van der Waals surface area contributed by atoms with Gasteiger partial charge in [0.1, 0.15) is 5.75 Å². The highest BCUT2D eigenvalue weighted by Crippen LogP contribution is 2.20. The smallest absolute Gasteiger partial charge is 0.244 e. The van der Waals surface area contributed by atoms with Crippen molar-refractivity contribution in [1.29, 1.82) is 0 Å². The van der Waals surface area contributed by atoms with E-state index in [9.17, 15) is 9.59 Å². The summed E-state index contributed by atoms with van der Waals surface area (Å²) in [5.41, 5.74) is 1.66. The molecule has 0 saturated carbocycles. The molecule has 0 aromatic heterocycles. The highest BCUT2D eigenvalue weighted by molar-refractivity contribution is 6.35. The van der Waals surface area contributed by atoms with E-state index >= 15 is 0 Å². The third kappa shape index (κ3) is 7.33. The summed E-state index contributed by atoms with van der Waals surface area (Å²) in [6, 6.07) is 12.4. The molecule has 2 amide bonds. The van der Waals surface area contributed by atoms with Crippen molar-refractivity contribution < 1.29 is 14.3 Å². The van der Waals surface area contributed by atoms with Crippen LogP contribution in [0.5, 0.6) is 5.75 Å². The fraction of sp³-hybridized carbons (Fsp3) is 0.200. The molecule has 2 aromatic carbocycles. The van der Waals surface area contributed by atoms with Gasteiger partial charge in [-0.05, 0) is 41.5 Å². The van der Waals surface area contributed by atoms with Gasteiger partial charge in [0.2, 0.25) is 11.8 Å². The third-order valence-corrected chi connectivity index (χ3v) is 4.27. The molecule has 0 aliphatic carbocycles. The van der Waals surface area contributed by atoms with Crippen molar-refractivity contribution >= 4 is 41.1 Å². The van der Waals surface area contributed by atoms with Crippen molar-refractivity contribution in [2.24, 2.45) is 0 Å². The average Bonchev–Trinajstić information content (AvgIpc) is 2.66. The van der Waals surface area contributed by atoms with Crippen LogP contribution in [0.3, 0.4) is 0 Å². The number of hydrogen-bond acceptors (Lipinski definition) is 3. The molecular weight excluding hydrogens is 387 g/mol. The molecule has 0 aliphatic heterocycles. The minimum Gasteiger partial charge on any atom is -0.497 e. The topological polar surface area (TPSA) is 67.4 Å². The first-order valence-electron chi connectivity index (χ1n) is 8.28. The second-order valence-electron chi connectivity index (χ2n) is 5.66. The molecule has 0 heterocycles. The third-order valence-electron chi connectivity index (χ3n) is 3.69. The zero-order valence-electron chi connectivity index (χ0n) is 14.8. The van der Waals surface area contributed by atoms with Crippen LogP contribution in [0, 0.1) is 0 Å². The lowest BCUT2D eigenvalue weighted by Crippen LogP contribution is -2.29. The standard InChI is InChI=1S/C20H20Cl2N2O3/c1-27-17-7-2-14(3-8-17)4-9-19(25)23-11-10-20(26)24-13-15-5-6-16(21)12-18(15)22/h2-9,12H,10-11,13H2,1H3,(H,23,25)(H,24,26)/b9-4+. The maximum atomic E-state index is 11.9. The maximum Gasteiger partial charge on any atom is 0.244 e. The van der Waals surface area contributed by atoms with E-state index in [2.05, 4.69) is 10.6 Å². The monoisotopic (exact) mass is 406 g/mol. The fourth-order valence-corrected chi connectivity index (χ4v) is 2.67. The number of benzene rings is 2. The van der Waals surface area contributed by atoms with Crippen LogP contribution >= 0.6 is 23.2 Å². The number of nitrogens with one attached hydrogen (secondary N) is 2. The summed E-state index contributed by atoms with van der Waals surface area (Å²) in [5.74, 6) is 0.308. The minimum absolute atomic E-state index is 0.174. The predicted molar refractivity (Wildman–Crippen MR) is 108 cm³/mol. The summed E-state index contributed by atoms with van der Waals surface area (Å²) in [5, 5.41) is 6.46. The SMILES string of the molecule is COc1ccc(/C=C/C(=O)NCCC(=O)NCc2ccc(Cl)cc2Cl)cc1. The number of amides is 2. The zero-order valence-corrected chi connectivity index (χ0v) is 16.3. The highest BCUT2D eigenvalue weighted by atomic mass is 35.5. The van der Waals surface area contributed by atoms with Gasteiger partial charge >= 0.3 is 0 Å². The molecule has 0 radical (unpaired) electrons. The number of methoxy groups -OCH3 is 1. The number of hydrogen-bond donors (Lipinski definition) is 2. The van der Waals surface area contributed by atoms with Crippen molar-refractivity contribution in [2.45, 2.75) is 13.0 Å². The Balaban J connectivity index is 1.69. The Morgan fingerprint density at radius 2 is 1.81 bits per heavy atom. The molecule has 2 N–H and O–H groups in total. The van der Waals surface area contributed by atoms with Gasteiger partial charge < -0.3 is 15.4 Å². The summed E-state index contributed by atoms with van der Waals surface area (Å²) in [4.78, 5) is 23.6. The van der Waals surface area contributed by atoms with E-state index in [1.807, 2.05) is 24.3 Å². The molecule has 0 saturated heterocycles. The molecule has 5 nitrogen and oxygen atoms in total. The van der Waals surface area contributed by atoms with Crippen molar-refractivity contribution in [3.8, 4) is 5.75 Å². The predicted octanol–water partition coefficient (Wildman–Crippen LogP) is 3.84. The van der Waals surface area contributed by atoms with Gasteiger partial charge in [0.25, 0.3) is 0 Å². The van der Waals surface area contributed by atoms with Crippen LogP contribution in [-0.4, -0.2) is 25.5 Å². The Bertz CT molecular complexity index is 820. The van der Waals surface area contributed by atoms with Gasteiger partial charge in [-0.2, -0.15) is 0 Å². The number of carbonyl (C=O) groups excluding carboxylic acids is 2. The fourth-order valence-electron chi connectivity index (χ4n) is 2.19. The highest BCUT2D eigenvalue weighted by Gasteiger charge is 2.05. The van der Waals surface area contributed by atoms with Gasteiger partial charge in [-0.3, -0.25) is 9.59 Å². The molecular formula is C20H20Cl2N2O3. The van der Waals surface area contributed by atoms with E-state index in [0.717, 1.165) is 16.9 Å². The van der Waals surface area contributed by atoms with E-state index in [0.29, 0.717) is 16.6 Å². The zero-order chi connectivity index (χ0) is 19.6. The lowest BCUT2D eigenvalue weighted by Gasteiger charge is -2.07. The van der Waals surface area contributed by atoms with Crippen molar-refractivity contribution in [3.05, 3.63) is 69.7 Å². The van der Waals surface area contributed by atoms with Gasteiger partial charge in [-0.15, -0.1) is 0 Å². The minimum atomic E-state index is -0.264. The Kier molecular flexibility index (Phi) is 8.17.